The summed E-state index contributed by atoms with van der Waals surface area (Å²) in [6.07, 6.45) is 1.80. The number of carbonyl (C=O) groups excluding carboxylic acids is 1. The fraction of sp³-hybridized carbons (Fsp3) is 0.0833. The predicted molar refractivity (Wildman–Crippen MR) is 57.4 cm³/mol. The van der Waals surface area contributed by atoms with Gasteiger partial charge in [0.2, 0.25) is 0 Å². The van der Waals surface area contributed by atoms with Crippen LogP contribution in [0.3, 0.4) is 0 Å². The van der Waals surface area contributed by atoms with Crippen LogP contribution in [0.25, 0.3) is 11.1 Å². The summed E-state index contributed by atoms with van der Waals surface area (Å²) < 4.78 is 0. The molecule has 2 aromatic rings. The van der Waals surface area contributed by atoms with Crippen molar-refractivity contribution >= 4 is 5.91 Å². The molecule has 1 aliphatic heterocycles. The fourth-order valence-electron chi connectivity index (χ4n) is 1.98. The highest BCUT2D eigenvalue weighted by molar-refractivity contribution is 6.00. The molecule has 15 heavy (non-hydrogen) atoms. The number of H-pyrrole nitrogens is 1. The quantitative estimate of drug-likeness (QED) is 0.667. The highest BCUT2D eigenvalue weighted by Gasteiger charge is 2.19. The standard InChI is InChI=1S/C12H10N2O/c15-12-11-10(5-6-13-11)9-4-2-1-3-8(9)7-14-12/h1-6,13H,7H2,(H,14,15). The molecule has 0 fully saturated rings. The van der Waals surface area contributed by atoms with Gasteiger partial charge in [0.1, 0.15) is 5.69 Å². The number of fused-ring (bicyclic) bond motifs is 3. The Morgan fingerprint density at radius 3 is 2.87 bits per heavy atom. The number of aromatic amines is 1. The Balaban J connectivity index is 2.31. The Bertz CT molecular complexity index is 528. The third kappa shape index (κ3) is 1.16. The van der Waals surface area contributed by atoms with E-state index in [1.165, 1.54) is 0 Å². The van der Waals surface area contributed by atoms with Crippen LogP contribution < -0.4 is 5.32 Å². The Kier molecular flexibility index (Phi) is 1.65. The number of hydrogen-bond donors (Lipinski definition) is 2. The van der Waals surface area contributed by atoms with Gasteiger partial charge in [0.25, 0.3) is 5.91 Å². The lowest BCUT2D eigenvalue weighted by Gasteiger charge is -2.03. The molecule has 0 radical (unpaired) electrons. The number of aromatic nitrogens is 1. The lowest BCUT2D eigenvalue weighted by Crippen LogP contribution is -2.21. The molecule has 2 N–H and O–H groups in total. The van der Waals surface area contributed by atoms with Gasteiger partial charge in [-0.05, 0) is 17.2 Å². The van der Waals surface area contributed by atoms with E-state index in [-0.39, 0.29) is 5.91 Å². The van der Waals surface area contributed by atoms with E-state index in [4.69, 9.17) is 0 Å². The molecular weight excluding hydrogens is 188 g/mol. The van der Waals surface area contributed by atoms with E-state index in [9.17, 15) is 4.79 Å². The van der Waals surface area contributed by atoms with Gasteiger partial charge in [-0.25, -0.2) is 0 Å². The van der Waals surface area contributed by atoms with Crippen molar-refractivity contribution in [2.75, 3.05) is 0 Å². The molecule has 0 atom stereocenters. The smallest absolute Gasteiger partial charge is 0.268 e. The van der Waals surface area contributed by atoms with Crippen molar-refractivity contribution < 1.29 is 4.79 Å². The lowest BCUT2D eigenvalue weighted by molar-refractivity contribution is 0.0948. The van der Waals surface area contributed by atoms with Crippen LogP contribution in [0, 0.1) is 0 Å². The molecule has 0 unspecified atom stereocenters. The van der Waals surface area contributed by atoms with Crippen LogP contribution in [0.1, 0.15) is 16.1 Å². The molecule has 0 bridgehead atoms. The zero-order chi connectivity index (χ0) is 10.3. The minimum absolute atomic E-state index is 0.0359. The first-order valence-corrected chi connectivity index (χ1v) is 4.90. The fourth-order valence-corrected chi connectivity index (χ4v) is 1.98. The second-order valence-electron chi connectivity index (χ2n) is 3.61. The van der Waals surface area contributed by atoms with Crippen molar-refractivity contribution in [3.05, 3.63) is 47.8 Å². The van der Waals surface area contributed by atoms with Crippen molar-refractivity contribution in [2.24, 2.45) is 0 Å². The normalized spacial score (nSPS) is 13.7. The first-order valence-electron chi connectivity index (χ1n) is 4.90. The largest absolute Gasteiger partial charge is 0.357 e. The molecule has 0 saturated carbocycles. The van der Waals surface area contributed by atoms with Gasteiger partial charge in [-0.15, -0.1) is 0 Å². The van der Waals surface area contributed by atoms with E-state index in [0.717, 1.165) is 16.7 Å². The average Bonchev–Trinajstić information content (AvgIpc) is 2.71. The van der Waals surface area contributed by atoms with E-state index in [0.29, 0.717) is 12.2 Å². The molecule has 0 saturated heterocycles. The second kappa shape index (κ2) is 2.98. The lowest BCUT2D eigenvalue weighted by atomic mass is 10.0. The number of nitrogens with one attached hydrogen (secondary N) is 2. The van der Waals surface area contributed by atoms with Crippen LogP contribution >= 0.6 is 0 Å². The maximum absolute atomic E-state index is 11.7. The first-order chi connectivity index (χ1) is 7.36. The molecule has 2 heterocycles. The summed E-state index contributed by atoms with van der Waals surface area (Å²) >= 11 is 0. The van der Waals surface area contributed by atoms with Gasteiger partial charge in [0.15, 0.2) is 0 Å². The highest BCUT2D eigenvalue weighted by atomic mass is 16.1. The van der Waals surface area contributed by atoms with Crippen LogP contribution in [-0.4, -0.2) is 10.9 Å². The van der Waals surface area contributed by atoms with E-state index in [1.54, 1.807) is 6.20 Å². The Morgan fingerprint density at radius 1 is 1.07 bits per heavy atom. The van der Waals surface area contributed by atoms with Gasteiger partial charge in [0.05, 0.1) is 0 Å². The van der Waals surface area contributed by atoms with Crippen molar-refractivity contribution in [2.45, 2.75) is 6.54 Å². The molecular formula is C12H10N2O. The van der Waals surface area contributed by atoms with E-state index in [2.05, 4.69) is 10.3 Å². The summed E-state index contributed by atoms with van der Waals surface area (Å²) in [6.45, 7) is 0.595. The molecule has 3 nitrogen and oxygen atoms in total. The summed E-state index contributed by atoms with van der Waals surface area (Å²) in [5, 5.41) is 2.87. The summed E-state index contributed by atoms with van der Waals surface area (Å²) in [6, 6.07) is 10.0. The summed E-state index contributed by atoms with van der Waals surface area (Å²) in [4.78, 5) is 14.7. The minimum Gasteiger partial charge on any atom is -0.357 e. The number of benzene rings is 1. The second-order valence-corrected chi connectivity index (χ2v) is 3.61. The predicted octanol–water partition coefficient (Wildman–Crippen LogP) is 1.93. The maximum atomic E-state index is 11.7. The topological polar surface area (TPSA) is 44.9 Å². The molecule has 74 valence electrons. The van der Waals surface area contributed by atoms with Crippen LogP contribution in [-0.2, 0) is 6.54 Å². The number of carbonyl (C=O) groups is 1. The Hall–Kier alpha value is -2.03. The van der Waals surface area contributed by atoms with Crippen LogP contribution in [0.4, 0.5) is 0 Å². The minimum atomic E-state index is -0.0359. The van der Waals surface area contributed by atoms with Gasteiger partial charge in [-0.1, -0.05) is 24.3 Å². The molecule has 1 amide bonds. The first kappa shape index (κ1) is 8.29. The monoisotopic (exact) mass is 198 g/mol. The molecule has 0 spiro atoms. The van der Waals surface area contributed by atoms with Crippen LogP contribution in [0.2, 0.25) is 0 Å². The van der Waals surface area contributed by atoms with Gasteiger partial charge in [-0.2, -0.15) is 0 Å². The molecule has 1 aromatic carbocycles. The number of rotatable bonds is 0. The third-order valence-electron chi connectivity index (χ3n) is 2.72. The molecule has 3 rings (SSSR count). The Labute approximate surface area is 87.1 Å². The highest BCUT2D eigenvalue weighted by Crippen LogP contribution is 2.28. The summed E-state index contributed by atoms with van der Waals surface area (Å²) in [7, 11) is 0. The Morgan fingerprint density at radius 2 is 1.93 bits per heavy atom. The third-order valence-corrected chi connectivity index (χ3v) is 2.72. The summed E-state index contributed by atoms with van der Waals surface area (Å²) in [5.41, 5.74) is 3.93. The molecule has 0 aliphatic carbocycles. The molecule has 1 aliphatic rings. The van der Waals surface area contributed by atoms with Crippen molar-refractivity contribution in [1.82, 2.24) is 10.3 Å². The van der Waals surface area contributed by atoms with E-state index < -0.39 is 0 Å². The average molecular weight is 198 g/mol. The van der Waals surface area contributed by atoms with Crippen molar-refractivity contribution in [3.8, 4) is 11.1 Å². The SMILES string of the molecule is O=C1NCc2ccccc2-c2cc[nH]c21. The van der Waals surface area contributed by atoms with Gasteiger partial charge in [-0.3, -0.25) is 4.79 Å². The van der Waals surface area contributed by atoms with E-state index >= 15 is 0 Å². The van der Waals surface area contributed by atoms with Gasteiger partial charge < -0.3 is 10.3 Å². The number of hydrogen-bond acceptors (Lipinski definition) is 1. The summed E-state index contributed by atoms with van der Waals surface area (Å²) in [5.74, 6) is -0.0359. The van der Waals surface area contributed by atoms with Crippen molar-refractivity contribution in [3.63, 3.8) is 0 Å². The van der Waals surface area contributed by atoms with Gasteiger partial charge >= 0.3 is 0 Å². The molecule has 1 aromatic heterocycles. The van der Waals surface area contributed by atoms with Crippen molar-refractivity contribution in [1.29, 1.82) is 0 Å². The zero-order valence-electron chi connectivity index (χ0n) is 8.08. The van der Waals surface area contributed by atoms with Crippen LogP contribution in [0.15, 0.2) is 36.5 Å². The maximum Gasteiger partial charge on any atom is 0.268 e. The van der Waals surface area contributed by atoms with Gasteiger partial charge in [0, 0.05) is 18.3 Å². The molecule has 3 heteroatoms. The van der Waals surface area contributed by atoms with E-state index in [1.807, 2.05) is 30.3 Å². The zero-order valence-corrected chi connectivity index (χ0v) is 8.08. The van der Waals surface area contributed by atoms with Crippen LogP contribution in [0.5, 0.6) is 0 Å². The number of amides is 1.